The number of rotatable bonds is 2. The van der Waals surface area contributed by atoms with Crippen LogP contribution in [0.25, 0.3) is 0 Å². The van der Waals surface area contributed by atoms with Crippen LogP contribution in [0.5, 0.6) is 0 Å². The molecule has 25 heavy (non-hydrogen) atoms. The lowest BCUT2D eigenvalue weighted by Crippen LogP contribution is -2.39. The fourth-order valence-electron chi connectivity index (χ4n) is 3.33. The van der Waals surface area contributed by atoms with E-state index in [0.29, 0.717) is 13.0 Å². The van der Waals surface area contributed by atoms with E-state index in [9.17, 15) is 24.1 Å². The van der Waals surface area contributed by atoms with Crippen molar-refractivity contribution in [3.8, 4) is 0 Å². The van der Waals surface area contributed by atoms with Crippen LogP contribution in [-0.4, -0.2) is 27.8 Å². The minimum Gasteiger partial charge on any atom is -0.307 e. The summed E-state index contributed by atoms with van der Waals surface area (Å²) >= 11 is 0. The first-order valence-corrected chi connectivity index (χ1v) is 7.62. The van der Waals surface area contributed by atoms with E-state index in [2.05, 4.69) is 0 Å². The lowest BCUT2D eigenvalue weighted by Gasteiger charge is -2.28. The number of hydrogen-bond acceptors (Lipinski definition) is 4. The van der Waals surface area contributed by atoms with E-state index in [1.807, 2.05) is 24.3 Å². The summed E-state index contributed by atoms with van der Waals surface area (Å²) in [6.45, 7) is 0.297. The highest BCUT2D eigenvalue weighted by Gasteiger charge is 2.48. The molecule has 0 unspecified atom stereocenters. The van der Waals surface area contributed by atoms with Gasteiger partial charge in [0.05, 0.1) is 10.6 Å². The second-order valence-electron chi connectivity index (χ2n) is 5.97. The van der Waals surface area contributed by atoms with Gasteiger partial charge in [0.15, 0.2) is 0 Å². The van der Waals surface area contributed by atoms with Gasteiger partial charge in [-0.25, -0.2) is 9.69 Å². The van der Waals surface area contributed by atoms with E-state index in [1.165, 1.54) is 11.0 Å². The van der Waals surface area contributed by atoms with Gasteiger partial charge < -0.3 is 4.90 Å². The molecule has 0 aliphatic carbocycles. The van der Waals surface area contributed by atoms with Crippen LogP contribution >= 0.6 is 0 Å². The van der Waals surface area contributed by atoms with E-state index in [4.69, 9.17) is 0 Å². The van der Waals surface area contributed by atoms with Crippen molar-refractivity contribution >= 4 is 23.3 Å². The Morgan fingerprint density at radius 2 is 1.84 bits per heavy atom. The van der Waals surface area contributed by atoms with Crippen LogP contribution in [-0.2, 0) is 17.8 Å². The molecule has 2 aromatic carbocycles. The maximum atomic E-state index is 13.5. The number of urea groups is 1. The van der Waals surface area contributed by atoms with Crippen LogP contribution in [0.4, 0.5) is 20.6 Å². The van der Waals surface area contributed by atoms with Gasteiger partial charge in [-0.1, -0.05) is 24.3 Å². The van der Waals surface area contributed by atoms with E-state index in [1.54, 1.807) is 0 Å². The monoisotopic (exact) mass is 341 g/mol. The molecule has 2 heterocycles. The van der Waals surface area contributed by atoms with Gasteiger partial charge in [-0.3, -0.25) is 14.9 Å². The number of nitrogens with zero attached hydrogens (tertiary/aromatic N) is 3. The summed E-state index contributed by atoms with van der Waals surface area (Å²) in [4.78, 5) is 37.8. The summed E-state index contributed by atoms with van der Waals surface area (Å²) in [5, 5.41) is 10.9. The predicted molar refractivity (Wildman–Crippen MR) is 85.4 cm³/mol. The number of anilines is 1. The average Bonchev–Trinajstić information content (AvgIpc) is 2.84. The Morgan fingerprint density at radius 1 is 1.12 bits per heavy atom. The molecule has 0 saturated carbocycles. The number of nitro groups is 1. The van der Waals surface area contributed by atoms with Crippen molar-refractivity contribution in [3.05, 3.63) is 69.5 Å². The molecular formula is C17H12FN3O4. The highest BCUT2D eigenvalue weighted by molar-refractivity contribution is 6.21. The van der Waals surface area contributed by atoms with E-state index < -0.39 is 34.4 Å². The number of hydrogen-bond donors (Lipinski definition) is 0. The summed E-state index contributed by atoms with van der Waals surface area (Å²) in [7, 11) is 0. The Hall–Kier alpha value is -3.29. The van der Waals surface area contributed by atoms with E-state index in [-0.39, 0.29) is 5.69 Å². The molecule has 0 aromatic heterocycles. The number of amides is 3. The van der Waals surface area contributed by atoms with Gasteiger partial charge in [0.2, 0.25) is 5.82 Å². The summed E-state index contributed by atoms with van der Waals surface area (Å²) in [6.07, 6.45) is 0.389. The Labute approximate surface area is 141 Å². The average molecular weight is 341 g/mol. The number of carbonyl (C=O) groups excluding carboxylic acids is 2. The predicted octanol–water partition coefficient (Wildman–Crippen LogP) is 2.63. The van der Waals surface area contributed by atoms with Gasteiger partial charge in [0.1, 0.15) is 6.04 Å². The molecule has 2 aromatic rings. The minimum atomic E-state index is -1.02. The number of nitro benzene ring substituents is 1. The molecule has 3 amide bonds. The van der Waals surface area contributed by atoms with E-state index in [0.717, 1.165) is 28.2 Å². The van der Waals surface area contributed by atoms with Crippen LogP contribution in [0.3, 0.4) is 0 Å². The largest absolute Gasteiger partial charge is 0.332 e. The Kier molecular flexibility index (Phi) is 3.28. The third-order valence-corrected chi connectivity index (χ3v) is 4.58. The second kappa shape index (κ2) is 5.37. The van der Waals surface area contributed by atoms with Gasteiger partial charge in [-0.05, 0) is 23.3 Å². The molecule has 1 saturated heterocycles. The standard InChI is InChI=1S/C17H12FN3O4/c18-13-6-5-12(8-14(13)21(24)25)20-16(22)15-7-10-3-1-2-4-11(10)9-19(15)17(20)23/h1-6,8,15H,7,9H2/t15-/m0/s1. The van der Waals surface area contributed by atoms with Gasteiger partial charge in [-0.2, -0.15) is 4.39 Å². The molecule has 2 aliphatic rings. The minimum absolute atomic E-state index is 0.00144. The summed E-state index contributed by atoms with van der Waals surface area (Å²) in [5.74, 6) is -1.47. The van der Waals surface area contributed by atoms with Crippen molar-refractivity contribution in [3.63, 3.8) is 0 Å². The maximum Gasteiger partial charge on any atom is 0.332 e. The number of fused-ring (bicyclic) bond motifs is 2. The van der Waals surface area contributed by atoms with Crippen LogP contribution in [0.1, 0.15) is 11.1 Å². The molecule has 8 heteroatoms. The molecule has 0 N–H and O–H groups in total. The normalized spacial score (nSPS) is 19.0. The zero-order valence-electron chi connectivity index (χ0n) is 12.9. The lowest BCUT2D eigenvalue weighted by molar-refractivity contribution is -0.387. The lowest BCUT2D eigenvalue weighted by atomic mass is 9.95. The highest BCUT2D eigenvalue weighted by Crippen LogP contribution is 2.34. The molecule has 1 fully saturated rings. The third-order valence-electron chi connectivity index (χ3n) is 4.58. The van der Waals surface area contributed by atoms with Gasteiger partial charge in [0.25, 0.3) is 5.91 Å². The zero-order valence-corrected chi connectivity index (χ0v) is 12.9. The quantitative estimate of drug-likeness (QED) is 0.477. The number of carbonyl (C=O) groups is 2. The Morgan fingerprint density at radius 3 is 2.56 bits per heavy atom. The molecular weight excluding hydrogens is 329 g/mol. The molecule has 0 radical (unpaired) electrons. The van der Waals surface area contributed by atoms with E-state index >= 15 is 0 Å². The molecule has 4 rings (SSSR count). The maximum absolute atomic E-state index is 13.5. The van der Waals surface area contributed by atoms with Gasteiger partial charge in [0, 0.05) is 19.0 Å². The first kappa shape index (κ1) is 15.3. The van der Waals surface area contributed by atoms with Crippen LogP contribution in [0, 0.1) is 15.9 Å². The zero-order chi connectivity index (χ0) is 17.7. The van der Waals surface area contributed by atoms with Crippen LogP contribution in [0.2, 0.25) is 0 Å². The first-order chi connectivity index (χ1) is 12.0. The van der Waals surface area contributed by atoms with Crippen molar-refractivity contribution in [2.45, 2.75) is 19.0 Å². The van der Waals surface area contributed by atoms with Crippen LogP contribution in [0.15, 0.2) is 42.5 Å². The molecule has 2 aliphatic heterocycles. The fourth-order valence-corrected chi connectivity index (χ4v) is 3.33. The number of benzene rings is 2. The number of imide groups is 1. The van der Waals surface area contributed by atoms with Crippen LogP contribution < -0.4 is 4.90 Å². The molecule has 126 valence electrons. The molecule has 0 bridgehead atoms. The summed E-state index contributed by atoms with van der Waals surface area (Å²) in [6, 6.07) is 9.35. The smallest absolute Gasteiger partial charge is 0.307 e. The second-order valence-corrected chi connectivity index (χ2v) is 5.97. The molecule has 0 spiro atoms. The number of halogens is 1. The fraction of sp³-hybridized carbons (Fsp3) is 0.176. The SMILES string of the molecule is O=C1[C@@H]2Cc3ccccc3CN2C(=O)N1c1ccc(F)c([N+](=O)[O-])c1. The molecule has 7 nitrogen and oxygen atoms in total. The highest BCUT2D eigenvalue weighted by atomic mass is 19.1. The van der Waals surface area contributed by atoms with Crippen molar-refractivity contribution in [1.82, 2.24) is 4.90 Å². The topological polar surface area (TPSA) is 83.8 Å². The van der Waals surface area contributed by atoms with Gasteiger partial charge in [-0.15, -0.1) is 0 Å². The van der Waals surface area contributed by atoms with Crippen molar-refractivity contribution in [2.75, 3.05) is 4.90 Å². The van der Waals surface area contributed by atoms with Crippen molar-refractivity contribution in [2.24, 2.45) is 0 Å². The molecule has 1 atom stereocenters. The van der Waals surface area contributed by atoms with Crippen molar-refractivity contribution in [1.29, 1.82) is 0 Å². The first-order valence-electron chi connectivity index (χ1n) is 7.62. The Bertz CT molecular complexity index is 887. The Balaban J connectivity index is 1.73. The summed E-state index contributed by atoms with van der Waals surface area (Å²) in [5.41, 5.74) is 1.19. The van der Waals surface area contributed by atoms with Crippen molar-refractivity contribution < 1.29 is 18.9 Å². The third kappa shape index (κ3) is 2.25. The van der Waals surface area contributed by atoms with Gasteiger partial charge >= 0.3 is 11.7 Å². The summed E-state index contributed by atoms with van der Waals surface area (Å²) < 4.78 is 13.5.